The molecule has 0 radical (unpaired) electrons. The molecule has 1 atom stereocenters. The van der Waals surface area contributed by atoms with E-state index in [9.17, 15) is 8.42 Å². The first-order valence-corrected chi connectivity index (χ1v) is 11.1. The second-order valence-corrected chi connectivity index (χ2v) is 9.14. The maximum atomic E-state index is 12.7. The third kappa shape index (κ3) is 4.49. The molecule has 0 fully saturated rings. The lowest BCUT2D eigenvalue weighted by Gasteiger charge is -2.16. The van der Waals surface area contributed by atoms with Crippen molar-refractivity contribution in [2.75, 3.05) is 13.6 Å². The van der Waals surface area contributed by atoms with Crippen molar-refractivity contribution in [2.24, 2.45) is 0 Å². The SMILES string of the molecule is C=CC(C)c1noc(-c2nc(C)n(Cc3cccc(S(=O)(=O)N(C)CCC)c3)n2)n1. The van der Waals surface area contributed by atoms with E-state index in [1.54, 1.807) is 36.0 Å². The van der Waals surface area contributed by atoms with Crippen LogP contribution in [0, 0.1) is 6.92 Å². The molecular weight excluding hydrogens is 404 g/mol. The number of aromatic nitrogens is 5. The Hall–Kier alpha value is -2.85. The quantitative estimate of drug-likeness (QED) is 0.480. The van der Waals surface area contributed by atoms with E-state index in [0.29, 0.717) is 30.6 Å². The number of hydrogen-bond donors (Lipinski definition) is 0. The molecule has 3 rings (SSSR count). The van der Waals surface area contributed by atoms with Crippen LogP contribution in [-0.4, -0.2) is 51.2 Å². The van der Waals surface area contributed by atoms with Crippen LogP contribution in [0.1, 0.15) is 43.4 Å². The molecule has 2 aromatic heterocycles. The average Bonchev–Trinajstić information content (AvgIpc) is 3.35. The van der Waals surface area contributed by atoms with Crippen LogP contribution in [0.4, 0.5) is 0 Å². The topological polar surface area (TPSA) is 107 Å². The van der Waals surface area contributed by atoms with Crippen molar-refractivity contribution in [2.45, 2.75) is 44.6 Å². The Labute approximate surface area is 176 Å². The van der Waals surface area contributed by atoms with Crippen molar-refractivity contribution in [3.8, 4) is 11.7 Å². The van der Waals surface area contributed by atoms with Crippen LogP contribution in [0.5, 0.6) is 0 Å². The molecule has 10 heteroatoms. The Balaban J connectivity index is 1.84. The number of nitrogens with zero attached hydrogens (tertiary/aromatic N) is 6. The first kappa shape index (κ1) is 21.8. The highest BCUT2D eigenvalue weighted by molar-refractivity contribution is 7.89. The van der Waals surface area contributed by atoms with Gasteiger partial charge in [0.1, 0.15) is 5.82 Å². The molecule has 9 nitrogen and oxygen atoms in total. The van der Waals surface area contributed by atoms with Crippen molar-refractivity contribution in [1.82, 2.24) is 29.2 Å². The standard InChI is InChI=1S/C20H26N6O3S/c1-6-11-25(5)30(27,28)17-10-8-9-16(12-17)13-26-15(4)21-19(23-26)20-22-18(24-29-20)14(3)7-2/h7-10,12,14H,2,6,11,13H2,1,3-5H3. The highest BCUT2D eigenvalue weighted by Crippen LogP contribution is 2.20. The molecule has 0 aliphatic carbocycles. The highest BCUT2D eigenvalue weighted by Gasteiger charge is 2.21. The molecule has 0 saturated carbocycles. The van der Waals surface area contributed by atoms with Gasteiger partial charge in [-0.1, -0.05) is 37.2 Å². The first-order chi connectivity index (χ1) is 14.3. The summed E-state index contributed by atoms with van der Waals surface area (Å²) in [6, 6.07) is 6.86. The third-order valence-electron chi connectivity index (χ3n) is 4.73. The zero-order valence-electron chi connectivity index (χ0n) is 17.6. The fourth-order valence-corrected chi connectivity index (χ4v) is 4.20. The van der Waals surface area contributed by atoms with Gasteiger partial charge >= 0.3 is 0 Å². The fourth-order valence-electron chi connectivity index (χ4n) is 2.87. The molecule has 0 saturated heterocycles. The van der Waals surface area contributed by atoms with Crippen molar-refractivity contribution in [1.29, 1.82) is 0 Å². The summed E-state index contributed by atoms with van der Waals surface area (Å²) in [4.78, 5) is 8.98. The summed E-state index contributed by atoms with van der Waals surface area (Å²) in [5.41, 5.74) is 0.798. The summed E-state index contributed by atoms with van der Waals surface area (Å²) in [5.74, 6) is 1.69. The molecule has 0 spiro atoms. The van der Waals surface area contributed by atoms with E-state index in [-0.39, 0.29) is 16.7 Å². The minimum atomic E-state index is -3.53. The first-order valence-electron chi connectivity index (χ1n) is 9.69. The Morgan fingerprint density at radius 3 is 2.80 bits per heavy atom. The smallest absolute Gasteiger partial charge is 0.297 e. The van der Waals surface area contributed by atoms with Gasteiger partial charge in [0.25, 0.3) is 5.89 Å². The van der Waals surface area contributed by atoms with E-state index in [1.807, 2.05) is 26.8 Å². The second-order valence-electron chi connectivity index (χ2n) is 7.10. The van der Waals surface area contributed by atoms with Gasteiger partial charge in [-0.3, -0.25) is 0 Å². The predicted octanol–water partition coefficient (Wildman–Crippen LogP) is 3.00. The maximum absolute atomic E-state index is 12.7. The predicted molar refractivity (Wildman–Crippen MR) is 112 cm³/mol. The molecule has 1 unspecified atom stereocenters. The Kier molecular flexibility index (Phi) is 6.47. The van der Waals surface area contributed by atoms with Gasteiger partial charge in [0.05, 0.1) is 11.4 Å². The van der Waals surface area contributed by atoms with Gasteiger partial charge in [0, 0.05) is 19.5 Å². The summed E-state index contributed by atoms with van der Waals surface area (Å²) in [6.45, 7) is 10.2. The molecule has 30 heavy (non-hydrogen) atoms. The summed E-state index contributed by atoms with van der Waals surface area (Å²) in [6.07, 6.45) is 2.48. The minimum absolute atomic E-state index is 0.0405. The molecule has 0 amide bonds. The Bertz CT molecular complexity index is 1140. The average molecular weight is 431 g/mol. The lowest BCUT2D eigenvalue weighted by atomic mass is 10.2. The summed E-state index contributed by atoms with van der Waals surface area (Å²) in [7, 11) is -1.94. The molecule has 2 heterocycles. The van der Waals surface area contributed by atoms with Gasteiger partial charge in [0.2, 0.25) is 15.8 Å². The van der Waals surface area contributed by atoms with Crippen molar-refractivity contribution in [3.05, 3.63) is 54.1 Å². The number of rotatable bonds is 9. The molecule has 160 valence electrons. The monoisotopic (exact) mass is 430 g/mol. The van der Waals surface area contributed by atoms with Crippen molar-refractivity contribution < 1.29 is 12.9 Å². The normalized spacial score (nSPS) is 13.0. The molecular formula is C20H26N6O3S. The van der Waals surface area contributed by atoms with E-state index in [0.717, 1.165) is 12.0 Å². The minimum Gasteiger partial charge on any atom is -0.330 e. The van der Waals surface area contributed by atoms with Gasteiger partial charge in [-0.05, 0) is 31.0 Å². The van der Waals surface area contributed by atoms with Crippen molar-refractivity contribution in [3.63, 3.8) is 0 Å². The number of allylic oxidation sites excluding steroid dienone is 1. The third-order valence-corrected chi connectivity index (χ3v) is 6.58. The Morgan fingerprint density at radius 1 is 1.33 bits per heavy atom. The van der Waals surface area contributed by atoms with E-state index in [2.05, 4.69) is 26.8 Å². The van der Waals surface area contributed by atoms with Crippen LogP contribution < -0.4 is 0 Å². The van der Waals surface area contributed by atoms with Crippen LogP contribution in [0.3, 0.4) is 0 Å². The van der Waals surface area contributed by atoms with Crippen molar-refractivity contribution >= 4 is 10.0 Å². The van der Waals surface area contributed by atoms with E-state index < -0.39 is 10.0 Å². The molecule has 0 aliphatic heterocycles. The van der Waals surface area contributed by atoms with E-state index >= 15 is 0 Å². The second kappa shape index (κ2) is 8.88. The number of sulfonamides is 1. The maximum Gasteiger partial charge on any atom is 0.297 e. The van der Waals surface area contributed by atoms with Gasteiger partial charge in [-0.2, -0.15) is 4.98 Å². The highest BCUT2D eigenvalue weighted by atomic mass is 32.2. The zero-order valence-corrected chi connectivity index (χ0v) is 18.4. The molecule has 0 bridgehead atoms. The van der Waals surface area contributed by atoms with Gasteiger partial charge < -0.3 is 4.52 Å². The van der Waals surface area contributed by atoms with Gasteiger partial charge in [-0.25, -0.2) is 22.4 Å². The van der Waals surface area contributed by atoms with Crippen LogP contribution in [-0.2, 0) is 16.6 Å². The fraction of sp³-hybridized carbons (Fsp3) is 0.400. The molecule has 3 aromatic rings. The van der Waals surface area contributed by atoms with Crippen LogP contribution in [0.15, 0.2) is 46.3 Å². The summed E-state index contributed by atoms with van der Waals surface area (Å²) >= 11 is 0. The van der Waals surface area contributed by atoms with Crippen LogP contribution >= 0.6 is 0 Å². The number of aryl methyl sites for hydroxylation is 1. The molecule has 1 aromatic carbocycles. The molecule has 0 aliphatic rings. The van der Waals surface area contributed by atoms with E-state index in [4.69, 9.17) is 4.52 Å². The lowest BCUT2D eigenvalue weighted by Crippen LogP contribution is -2.27. The number of hydrogen-bond acceptors (Lipinski definition) is 7. The lowest BCUT2D eigenvalue weighted by molar-refractivity contribution is 0.418. The number of benzene rings is 1. The van der Waals surface area contributed by atoms with Gasteiger partial charge in [0.15, 0.2) is 5.82 Å². The largest absolute Gasteiger partial charge is 0.330 e. The van der Waals surface area contributed by atoms with E-state index in [1.165, 1.54) is 4.31 Å². The zero-order chi connectivity index (χ0) is 21.9. The Morgan fingerprint density at radius 2 is 2.10 bits per heavy atom. The van der Waals surface area contributed by atoms with Crippen LogP contribution in [0.25, 0.3) is 11.7 Å². The van der Waals surface area contributed by atoms with Gasteiger partial charge in [-0.15, -0.1) is 11.7 Å². The summed E-state index contributed by atoms with van der Waals surface area (Å²) in [5, 5.41) is 8.39. The molecule has 0 N–H and O–H groups in total. The summed E-state index contributed by atoms with van der Waals surface area (Å²) < 4.78 is 33.8. The van der Waals surface area contributed by atoms with Crippen LogP contribution in [0.2, 0.25) is 0 Å².